The smallest absolute Gasteiger partial charge is 0.744 e. The molecule has 2 heterocycles. The summed E-state index contributed by atoms with van der Waals surface area (Å²) < 4.78 is 72.5. The Bertz CT molecular complexity index is 1860. The summed E-state index contributed by atoms with van der Waals surface area (Å²) in [6.07, 6.45) is 11.7. The minimum Gasteiger partial charge on any atom is -0.744 e. The summed E-state index contributed by atoms with van der Waals surface area (Å²) in [5.74, 6) is -0.835. The Kier molecular flexibility index (Phi) is 12.3. The molecule has 0 saturated carbocycles. The normalized spacial score (nSPS) is 18.0. The van der Waals surface area contributed by atoms with Crippen LogP contribution < -0.4 is 56.3 Å². The Hall–Kier alpha value is -1.94. The van der Waals surface area contributed by atoms with Crippen molar-refractivity contribution in [3.8, 4) is 0 Å². The van der Waals surface area contributed by atoms with E-state index in [-0.39, 0.29) is 67.6 Å². The molecule has 10 nitrogen and oxygen atoms in total. The van der Waals surface area contributed by atoms with Crippen LogP contribution in [0.4, 0.5) is 11.4 Å². The van der Waals surface area contributed by atoms with Crippen molar-refractivity contribution in [2.75, 3.05) is 18.0 Å². The third-order valence-electron chi connectivity index (χ3n) is 8.62. The van der Waals surface area contributed by atoms with Crippen LogP contribution >= 0.6 is 0 Å². The van der Waals surface area contributed by atoms with E-state index in [1.54, 1.807) is 12.1 Å². The molecule has 0 saturated heterocycles. The van der Waals surface area contributed by atoms with Gasteiger partial charge in [-0.15, -0.1) is 0 Å². The molecular weight excluding hydrogens is 656 g/mol. The number of aliphatic carboxylic acids is 1. The number of carbonyl (C=O) groups is 1. The Morgan fingerprint density at radius 1 is 0.870 bits per heavy atom. The molecule has 0 radical (unpaired) electrons. The predicted molar refractivity (Wildman–Crippen MR) is 170 cm³/mol. The van der Waals surface area contributed by atoms with Gasteiger partial charge in [-0.05, 0) is 75.6 Å². The molecule has 0 unspecified atom stereocenters. The second kappa shape index (κ2) is 14.7. The van der Waals surface area contributed by atoms with Crippen LogP contribution in [0.2, 0.25) is 0 Å². The second-order valence-electron chi connectivity index (χ2n) is 12.3. The predicted octanol–water partition coefficient (Wildman–Crippen LogP) is 2.33. The van der Waals surface area contributed by atoms with E-state index in [9.17, 15) is 30.7 Å². The number of hydrogen-bond acceptors (Lipinski definition) is 8. The van der Waals surface area contributed by atoms with Gasteiger partial charge in [0, 0.05) is 53.9 Å². The zero-order valence-corrected chi connectivity index (χ0v) is 31.9. The van der Waals surface area contributed by atoms with E-state index in [1.165, 1.54) is 24.3 Å². The van der Waals surface area contributed by atoms with Crippen LogP contribution in [0.1, 0.15) is 71.4 Å². The van der Waals surface area contributed by atoms with E-state index in [2.05, 4.69) is 9.48 Å². The largest absolute Gasteiger partial charge is 1.00 e. The Morgan fingerprint density at radius 2 is 1.48 bits per heavy atom. The first-order valence-electron chi connectivity index (χ1n) is 14.8. The Balaban J connectivity index is 0.00000576. The summed E-state index contributed by atoms with van der Waals surface area (Å²) >= 11 is 0. The van der Waals surface area contributed by atoms with Crippen LogP contribution in [0.5, 0.6) is 0 Å². The van der Waals surface area contributed by atoms with Gasteiger partial charge in [0.25, 0.3) is 0 Å². The molecule has 13 heteroatoms. The Labute approximate surface area is 314 Å². The van der Waals surface area contributed by atoms with E-state index in [4.69, 9.17) is 5.11 Å². The van der Waals surface area contributed by atoms with Gasteiger partial charge < -0.3 is 19.1 Å². The van der Waals surface area contributed by atoms with Gasteiger partial charge in [-0.3, -0.25) is 4.79 Å². The fraction of sp³-hybridized carbons (Fsp3) is 0.394. The fourth-order valence-electron chi connectivity index (χ4n) is 6.28. The number of hydrogen-bond donors (Lipinski definition) is 1. The van der Waals surface area contributed by atoms with Gasteiger partial charge in [0.1, 0.15) is 26.8 Å². The molecule has 2 aliphatic rings. The molecule has 0 aliphatic carbocycles. The van der Waals surface area contributed by atoms with Crippen molar-refractivity contribution in [1.29, 1.82) is 0 Å². The van der Waals surface area contributed by atoms with E-state index in [0.717, 1.165) is 40.3 Å². The monoisotopic (exact) mass is 694 g/mol. The molecule has 0 amide bonds. The van der Waals surface area contributed by atoms with E-state index in [1.807, 2.05) is 65.0 Å². The second-order valence-corrected chi connectivity index (χ2v) is 15.1. The van der Waals surface area contributed by atoms with Gasteiger partial charge >= 0.3 is 57.4 Å². The maximum Gasteiger partial charge on any atom is 1.00 e. The van der Waals surface area contributed by atoms with Gasteiger partial charge in [0.15, 0.2) is 5.71 Å². The third-order valence-corrected chi connectivity index (χ3v) is 10.3. The molecule has 0 aromatic heterocycles. The molecule has 2 aromatic carbocycles. The number of carboxylic acids is 1. The van der Waals surface area contributed by atoms with Crippen LogP contribution in [-0.4, -0.2) is 60.4 Å². The molecule has 4 rings (SSSR count). The SMILES string of the molecule is CCN1/C(=C/C=C/C=C/C2=[N+](CCCCCC(=O)O)c3ccc(S(=O)(=O)[O-])cc3C2(C)C)C(C)(C)c2cc(S(=O)(=O)[O-])ccc21.[K+]. The standard InChI is InChI=1S/C33H40N2O8S2.K/c1-6-34-27-18-16-23(44(38,39)40)21-25(27)32(2,3)29(34)13-9-7-10-14-30-33(4,5)26-22-24(45(41,42)43)17-19-28(26)35(30)20-12-8-11-15-31(36)37;/h7,9-10,13-14,16-19,21-22H,6,8,11-12,15,20H2,1-5H3,(H2-,36,37,38,39,40,41,42,43);/q;+1/p-1. The van der Waals surface area contributed by atoms with Gasteiger partial charge in [-0.1, -0.05) is 32.1 Å². The van der Waals surface area contributed by atoms with E-state index < -0.39 is 37.0 Å². The number of unbranched alkanes of at least 4 members (excludes halogenated alkanes) is 2. The quantitative estimate of drug-likeness (QED) is 0.116. The van der Waals surface area contributed by atoms with E-state index in [0.29, 0.717) is 25.9 Å². The molecule has 2 aromatic rings. The molecule has 0 fully saturated rings. The zero-order valence-electron chi connectivity index (χ0n) is 27.1. The summed E-state index contributed by atoms with van der Waals surface area (Å²) in [5, 5.41) is 8.97. The molecule has 0 atom stereocenters. The minimum absolute atomic E-state index is 0. The topological polar surface area (TPSA) is 158 Å². The maximum absolute atomic E-state index is 11.8. The maximum atomic E-state index is 11.8. The first-order chi connectivity index (χ1) is 20.9. The van der Waals surface area contributed by atoms with Crippen LogP contribution in [0.15, 0.2) is 82.3 Å². The van der Waals surface area contributed by atoms with Crippen molar-refractivity contribution >= 4 is 43.3 Å². The van der Waals surface area contributed by atoms with E-state index >= 15 is 0 Å². The van der Waals surface area contributed by atoms with Gasteiger partial charge in [0.2, 0.25) is 5.69 Å². The van der Waals surface area contributed by atoms with Crippen LogP contribution in [0.3, 0.4) is 0 Å². The van der Waals surface area contributed by atoms with Crippen molar-refractivity contribution in [1.82, 2.24) is 0 Å². The number of likely N-dealkylation sites (N-methyl/N-ethyl adjacent to an activating group) is 1. The van der Waals surface area contributed by atoms with Crippen molar-refractivity contribution in [2.24, 2.45) is 0 Å². The molecule has 242 valence electrons. The Morgan fingerprint density at radius 3 is 2.07 bits per heavy atom. The van der Waals surface area contributed by atoms with Crippen molar-refractivity contribution in [3.05, 3.63) is 83.6 Å². The van der Waals surface area contributed by atoms with Gasteiger partial charge in [-0.25, -0.2) is 16.8 Å². The van der Waals surface area contributed by atoms with Crippen LogP contribution in [0, 0.1) is 0 Å². The molecule has 0 bridgehead atoms. The molecule has 1 N–H and O–H groups in total. The summed E-state index contributed by atoms with van der Waals surface area (Å²) in [7, 11) is -9.23. The van der Waals surface area contributed by atoms with Gasteiger partial charge in [0.05, 0.1) is 15.2 Å². The van der Waals surface area contributed by atoms with Crippen LogP contribution in [0.25, 0.3) is 0 Å². The van der Waals surface area contributed by atoms with Gasteiger partial charge in [-0.2, -0.15) is 4.58 Å². The van der Waals surface area contributed by atoms with Crippen molar-refractivity contribution < 1.29 is 91.8 Å². The fourth-order valence-corrected chi connectivity index (χ4v) is 7.28. The minimum atomic E-state index is -4.64. The average Bonchev–Trinajstić information content (AvgIpc) is 3.29. The first-order valence-corrected chi connectivity index (χ1v) is 17.6. The third kappa shape index (κ3) is 8.01. The summed E-state index contributed by atoms with van der Waals surface area (Å²) in [4.78, 5) is 12.5. The first kappa shape index (κ1) is 38.5. The molecule has 46 heavy (non-hydrogen) atoms. The molecule has 2 aliphatic heterocycles. The number of benzene rings is 2. The zero-order chi connectivity index (χ0) is 33.4. The number of fused-ring (bicyclic) bond motifs is 2. The number of carboxylic acid groups (broad SMARTS) is 1. The number of rotatable bonds is 12. The number of nitrogens with zero attached hydrogens (tertiary/aromatic N) is 2. The summed E-state index contributed by atoms with van der Waals surface area (Å²) in [6, 6.07) is 8.89. The summed E-state index contributed by atoms with van der Waals surface area (Å²) in [5.41, 5.74) is 3.82. The van der Waals surface area contributed by atoms with Crippen LogP contribution in [-0.2, 0) is 35.9 Å². The average molecular weight is 695 g/mol. The van der Waals surface area contributed by atoms with Crippen molar-refractivity contribution in [2.45, 2.75) is 80.9 Å². The number of allylic oxidation sites excluding steroid dienone is 6. The molecule has 0 spiro atoms. The van der Waals surface area contributed by atoms with Crippen molar-refractivity contribution in [3.63, 3.8) is 0 Å². The number of anilines is 1. The molecular formula is C33H39KN2O8S2. The summed E-state index contributed by atoms with van der Waals surface area (Å²) in [6.45, 7) is 11.1.